The average molecular weight is 296 g/mol. The summed E-state index contributed by atoms with van der Waals surface area (Å²) in [5.74, 6) is -0.538. The van der Waals surface area contributed by atoms with Crippen molar-refractivity contribution in [2.75, 3.05) is 0 Å². The number of hydrogen-bond acceptors (Lipinski definition) is 2. The van der Waals surface area contributed by atoms with E-state index in [1.54, 1.807) is 30.5 Å². The first-order valence-corrected chi connectivity index (χ1v) is 7.26. The quantitative estimate of drug-likeness (QED) is 0.671. The highest BCUT2D eigenvalue weighted by atomic mass is 19.1. The van der Waals surface area contributed by atoms with Crippen molar-refractivity contribution in [1.82, 2.24) is 9.55 Å². The summed E-state index contributed by atoms with van der Waals surface area (Å²) in [6, 6.07) is 8.94. The summed E-state index contributed by atoms with van der Waals surface area (Å²) < 4.78 is 16.3. The minimum atomic E-state index is -0.505. The third-order valence-electron chi connectivity index (χ3n) is 3.90. The van der Waals surface area contributed by atoms with Gasteiger partial charge in [0.1, 0.15) is 0 Å². The Kier molecular flexibility index (Phi) is 3.53. The molecule has 0 bridgehead atoms. The van der Waals surface area contributed by atoms with E-state index in [2.05, 4.69) is 4.98 Å². The van der Waals surface area contributed by atoms with Gasteiger partial charge in [-0.3, -0.25) is 14.3 Å². The van der Waals surface area contributed by atoms with E-state index in [1.165, 1.54) is 6.20 Å². The minimum absolute atomic E-state index is 0.0336. The van der Waals surface area contributed by atoms with E-state index >= 15 is 4.39 Å². The molecule has 0 aliphatic rings. The number of hydrogen-bond donors (Lipinski definition) is 0. The first kappa shape index (κ1) is 14.4. The molecule has 0 saturated carbocycles. The first-order chi connectivity index (χ1) is 10.5. The maximum absolute atomic E-state index is 15.1. The van der Waals surface area contributed by atoms with Crippen molar-refractivity contribution in [3.63, 3.8) is 0 Å². The Morgan fingerprint density at radius 3 is 2.45 bits per heavy atom. The number of benzene rings is 1. The van der Waals surface area contributed by atoms with Gasteiger partial charge in [0.15, 0.2) is 0 Å². The van der Waals surface area contributed by atoms with Crippen molar-refractivity contribution in [1.29, 1.82) is 0 Å². The van der Waals surface area contributed by atoms with Gasteiger partial charge in [0, 0.05) is 17.1 Å². The fourth-order valence-corrected chi connectivity index (χ4v) is 2.80. The van der Waals surface area contributed by atoms with Crippen LogP contribution in [0.25, 0.3) is 16.5 Å². The SMILES string of the molecule is Cc1ccncc1-n1c(F)c(C(C)C)c2ccccc2c1=O. The van der Waals surface area contributed by atoms with Gasteiger partial charge in [0.25, 0.3) is 5.56 Å². The molecule has 1 aromatic carbocycles. The van der Waals surface area contributed by atoms with E-state index in [4.69, 9.17) is 0 Å². The molecular formula is C18H17FN2O. The molecule has 4 heteroatoms. The molecular weight excluding hydrogens is 279 g/mol. The maximum atomic E-state index is 15.1. The van der Waals surface area contributed by atoms with Gasteiger partial charge in [-0.1, -0.05) is 32.0 Å². The lowest BCUT2D eigenvalue weighted by atomic mass is 9.97. The van der Waals surface area contributed by atoms with E-state index in [0.29, 0.717) is 22.0 Å². The molecule has 0 saturated heterocycles. The van der Waals surface area contributed by atoms with Gasteiger partial charge in [-0.2, -0.15) is 4.39 Å². The van der Waals surface area contributed by atoms with Crippen molar-refractivity contribution in [3.05, 3.63) is 70.2 Å². The van der Waals surface area contributed by atoms with Crippen molar-refractivity contribution < 1.29 is 4.39 Å². The predicted molar refractivity (Wildman–Crippen MR) is 86.1 cm³/mol. The molecule has 22 heavy (non-hydrogen) atoms. The van der Waals surface area contributed by atoms with Crippen LogP contribution in [0, 0.1) is 12.9 Å². The number of pyridine rings is 2. The van der Waals surface area contributed by atoms with Crippen LogP contribution >= 0.6 is 0 Å². The van der Waals surface area contributed by atoms with Crippen LogP contribution in [-0.4, -0.2) is 9.55 Å². The van der Waals surface area contributed by atoms with Gasteiger partial charge in [0.05, 0.1) is 11.9 Å². The van der Waals surface area contributed by atoms with Crippen LogP contribution < -0.4 is 5.56 Å². The lowest BCUT2D eigenvalue weighted by Crippen LogP contribution is -2.24. The Morgan fingerprint density at radius 1 is 1.14 bits per heavy atom. The first-order valence-electron chi connectivity index (χ1n) is 7.26. The van der Waals surface area contributed by atoms with E-state index in [-0.39, 0.29) is 11.5 Å². The zero-order valence-electron chi connectivity index (χ0n) is 12.8. The van der Waals surface area contributed by atoms with Gasteiger partial charge < -0.3 is 0 Å². The number of nitrogens with zero attached hydrogens (tertiary/aromatic N) is 2. The van der Waals surface area contributed by atoms with Gasteiger partial charge in [-0.25, -0.2) is 0 Å². The molecule has 0 fully saturated rings. The molecule has 2 heterocycles. The lowest BCUT2D eigenvalue weighted by molar-refractivity contribution is 0.523. The summed E-state index contributed by atoms with van der Waals surface area (Å²) in [6.45, 7) is 5.69. The number of fused-ring (bicyclic) bond motifs is 1. The van der Waals surface area contributed by atoms with E-state index in [9.17, 15) is 4.79 Å². The summed E-state index contributed by atoms with van der Waals surface area (Å²) in [4.78, 5) is 16.8. The summed E-state index contributed by atoms with van der Waals surface area (Å²) in [7, 11) is 0. The lowest BCUT2D eigenvalue weighted by Gasteiger charge is -2.17. The topological polar surface area (TPSA) is 34.9 Å². The molecule has 0 unspecified atom stereocenters. The molecule has 0 N–H and O–H groups in total. The monoisotopic (exact) mass is 296 g/mol. The van der Waals surface area contributed by atoms with Crippen molar-refractivity contribution in [2.24, 2.45) is 0 Å². The molecule has 3 rings (SSSR count). The number of aromatic nitrogens is 2. The smallest absolute Gasteiger partial charge is 0.265 e. The van der Waals surface area contributed by atoms with Crippen LogP contribution in [0.1, 0.15) is 30.9 Å². The fourth-order valence-electron chi connectivity index (χ4n) is 2.80. The third kappa shape index (κ3) is 2.11. The van der Waals surface area contributed by atoms with Crippen molar-refractivity contribution in [3.8, 4) is 5.69 Å². The van der Waals surface area contributed by atoms with Crippen LogP contribution in [0.5, 0.6) is 0 Å². The van der Waals surface area contributed by atoms with Crippen LogP contribution in [0.2, 0.25) is 0 Å². The summed E-state index contributed by atoms with van der Waals surface area (Å²) in [5.41, 5.74) is 1.49. The van der Waals surface area contributed by atoms with Crippen LogP contribution in [0.3, 0.4) is 0 Å². The summed E-state index contributed by atoms with van der Waals surface area (Å²) in [6.07, 6.45) is 3.16. The Hall–Kier alpha value is -2.49. The molecule has 0 radical (unpaired) electrons. The molecule has 0 atom stereocenters. The normalized spacial score (nSPS) is 11.3. The largest absolute Gasteiger partial charge is 0.268 e. The number of aryl methyl sites for hydroxylation is 1. The van der Waals surface area contributed by atoms with Gasteiger partial charge >= 0.3 is 0 Å². The Balaban J connectivity index is 2.52. The second-order valence-electron chi connectivity index (χ2n) is 5.71. The van der Waals surface area contributed by atoms with E-state index in [0.717, 1.165) is 10.1 Å². The van der Waals surface area contributed by atoms with Crippen molar-refractivity contribution in [2.45, 2.75) is 26.7 Å². The standard InChI is InChI=1S/C18H17FN2O/c1-11(2)16-13-6-4-5-7-14(13)18(22)21(17(16)19)15-10-20-9-8-12(15)3/h4-11H,1-3H3. The number of halogens is 1. The van der Waals surface area contributed by atoms with Crippen LogP contribution in [0.4, 0.5) is 4.39 Å². The Bertz CT molecular complexity index is 913. The van der Waals surface area contributed by atoms with E-state index < -0.39 is 5.95 Å². The van der Waals surface area contributed by atoms with Gasteiger partial charge in [-0.15, -0.1) is 0 Å². The molecule has 2 aromatic heterocycles. The van der Waals surface area contributed by atoms with Crippen LogP contribution in [0.15, 0.2) is 47.5 Å². The maximum Gasteiger partial charge on any atom is 0.265 e. The Morgan fingerprint density at radius 2 is 1.82 bits per heavy atom. The van der Waals surface area contributed by atoms with Crippen LogP contribution in [-0.2, 0) is 0 Å². The minimum Gasteiger partial charge on any atom is -0.268 e. The molecule has 0 aliphatic carbocycles. The molecule has 0 aliphatic heterocycles. The average Bonchev–Trinajstić information content (AvgIpc) is 2.49. The molecule has 3 nitrogen and oxygen atoms in total. The molecule has 0 spiro atoms. The third-order valence-corrected chi connectivity index (χ3v) is 3.90. The van der Waals surface area contributed by atoms with Gasteiger partial charge in [-0.05, 0) is 35.9 Å². The highest BCUT2D eigenvalue weighted by molar-refractivity contribution is 5.85. The van der Waals surface area contributed by atoms with Crippen molar-refractivity contribution >= 4 is 10.8 Å². The predicted octanol–water partition coefficient (Wildman–Crippen LogP) is 3.96. The zero-order chi connectivity index (χ0) is 15.9. The summed E-state index contributed by atoms with van der Waals surface area (Å²) >= 11 is 0. The highest BCUT2D eigenvalue weighted by Crippen LogP contribution is 2.27. The second-order valence-corrected chi connectivity index (χ2v) is 5.71. The zero-order valence-corrected chi connectivity index (χ0v) is 12.8. The Labute approximate surface area is 128 Å². The highest BCUT2D eigenvalue weighted by Gasteiger charge is 2.20. The molecule has 0 amide bonds. The molecule has 112 valence electrons. The van der Waals surface area contributed by atoms with E-state index in [1.807, 2.05) is 26.8 Å². The fraction of sp³-hybridized carbons (Fsp3) is 0.222. The van der Waals surface area contributed by atoms with Gasteiger partial charge in [0.2, 0.25) is 5.95 Å². The number of rotatable bonds is 2. The summed E-state index contributed by atoms with van der Waals surface area (Å²) in [5, 5.41) is 1.20. The second kappa shape index (κ2) is 5.37. The molecule has 3 aromatic rings.